The Hall–Kier alpha value is -2.50. The summed E-state index contributed by atoms with van der Waals surface area (Å²) in [6, 6.07) is 12.0. The quantitative estimate of drug-likeness (QED) is 0.321. The third-order valence-corrected chi connectivity index (χ3v) is 4.01. The van der Waals surface area contributed by atoms with Crippen LogP contribution in [0.25, 0.3) is 11.0 Å². The molecule has 1 heterocycles. The minimum Gasteiger partial charge on any atom is -0.449 e. The molecule has 0 bridgehead atoms. The summed E-state index contributed by atoms with van der Waals surface area (Å²) in [6.45, 7) is 1.77. The van der Waals surface area contributed by atoms with Crippen LogP contribution in [0.15, 0.2) is 52.0 Å². The number of halogens is 2. The summed E-state index contributed by atoms with van der Waals surface area (Å²) >= 11 is 11.9. The zero-order chi connectivity index (χ0) is 17.3. The Morgan fingerprint density at radius 2 is 1.96 bits per heavy atom. The lowest BCUT2D eigenvalue weighted by Crippen LogP contribution is -2.15. The number of nitrogens with zero attached hydrogens (tertiary/aromatic N) is 1. The van der Waals surface area contributed by atoms with Crippen LogP contribution in [0, 0.1) is 6.92 Å². The highest BCUT2D eigenvalue weighted by Gasteiger charge is 2.19. The Morgan fingerprint density at radius 1 is 1.21 bits per heavy atom. The second kappa shape index (κ2) is 6.55. The van der Waals surface area contributed by atoms with Crippen molar-refractivity contribution in [3.05, 3.63) is 69.4 Å². The lowest BCUT2D eigenvalue weighted by Gasteiger charge is -2.03. The predicted octanol–water partition coefficient (Wildman–Crippen LogP) is 4.53. The van der Waals surface area contributed by atoms with E-state index in [0.717, 1.165) is 5.39 Å². The van der Waals surface area contributed by atoms with E-state index < -0.39 is 5.97 Å². The molecule has 1 aromatic heterocycles. The van der Waals surface area contributed by atoms with Gasteiger partial charge in [-0.1, -0.05) is 46.6 Å². The van der Waals surface area contributed by atoms with E-state index in [-0.39, 0.29) is 11.6 Å². The molecule has 7 heteroatoms. The number of oxime groups is 1. The van der Waals surface area contributed by atoms with Gasteiger partial charge in [0.05, 0.1) is 5.02 Å². The minimum absolute atomic E-state index is 0.0428. The number of rotatable bonds is 3. The fraction of sp³-hybridized carbons (Fsp3) is 0.0588. The molecule has 0 saturated heterocycles. The van der Waals surface area contributed by atoms with E-state index in [1.54, 1.807) is 25.1 Å². The van der Waals surface area contributed by atoms with Gasteiger partial charge >= 0.3 is 5.97 Å². The summed E-state index contributed by atoms with van der Waals surface area (Å²) < 4.78 is 5.51. The fourth-order valence-electron chi connectivity index (χ4n) is 2.25. The van der Waals surface area contributed by atoms with Gasteiger partial charge in [-0.15, -0.1) is 0 Å². The number of para-hydroxylation sites is 1. The summed E-state index contributed by atoms with van der Waals surface area (Å²) in [5.41, 5.74) is 7.48. The molecule has 5 nitrogen and oxygen atoms in total. The number of hydrogen-bond acceptors (Lipinski definition) is 4. The molecule has 3 aromatic rings. The van der Waals surface area contributed by atoms with Crippen LogP contribution in [0.5, 0.6) is 0 Å². The van der Waals surface area contributed by atoms with Crippen molar-refractivity contribution in [2.24, 2.45) is 10.9 Å². The van der Waals surface area contributed by atoms with Gasteiger partial charge in [-0.3, -0.25) is 0 Å². The van der Waals surface area contributed by atoms with Crippen LogP contribution in [0.1, 0.15) is 21.7 Å². The van der Waals surface area contributed by atoms with Gasteiger partial charge in [0.1, 0.15) is 5.58 Å². The molecule has 0 aliphatic heterocycles. The van der Waals surface area contributed by atoms with E-state index in [9.17, 15) is 4.79 Å². The average molecular weight is 363 g/mol. The van der Waals surface area contributed by atoms with Gasteiger partial charge < -0.3 is 15.0 Å². The summed E-state index contributed by atoms with van der Waals surface area (Å²) in [5, 5.41) is 5.23. The molecule has 0 atom stereocenters. The zero-order valence-electron chi connectivity index (χ0n) is 12.5. The van der Waals surface area contributed by atoms with Crippen molar-refractivity contribution in [3.8, 4) is 0 Å². The van der Waals surface area contributed by atoms with Crippen LogP contribution in [-0.4, -0.2) is 11.8 Å². The number of nitrogens with two attached hydrogens (primary N) is 1. The lowest BCUT2D eigenvalue weighted by atomic mass is 10.1. The summed E-state index contributed by atoms with van der Waals surface area (Å²) in [7, 11) is 0. The van der Waals surface area contributed by atoms with Gasteiger partial charge in [-0.05, 0) is 31.2 Å². The van der Waals surface area contributed by atoms with E-state index in [1.807, 2.05) is 18.2 Å². The highest BCUT2D eigenvalue weighted by Crippen LogP contribution is 2.25. The van der Waals surface area contributed by atoms with Crippen molar-refractivity contribution in [1.29, 1.82) is 0 Å². The normalized spacial score (nSPS) is 11.7. The van der Waals surface area contributed by atoms with Crippen LogP contribution in [0.4, 0.5) is 0 Å². The molecular weight excluding hydrogens is 351 g/mol. The van der Waals surface area contributed by atoms with Crippen molar-refractivity contribution in [2.45, 2.75) is 6.92 Å². The SMILES string of the molecule is Cc1c(C(=O)ON=C(N)c2ccc(Cl)cc2Cl)oc2ccccc12. The first kappa shape index (κ1) is 16.4. The highest BCUT2D eigenvalue weighted by molar-refractivity contribution is 6.36. The number of hydrogen-bond donors (Lipinski definition) is 1. The van der Waals surface area contributed by atoms with Gasteiger partial charge in [-0.2, -0.15) is 0 Å². The van der Waals surface area contributed by atoms with Crippen LogP contribution in [0.2, 0.25) is 10.0 Å². The van der Waals surface area contributed by atoms with E-state index >= 15 is 0 Å². The summed E-state index contributed by atoms with van der Waals surface area (Å²) in [4.78, 5) is 17.1. The molecule has 3 rings (SSSR count). The molecule has 2 N–H and O–H groups in total. The van der Waals surface area contributed by atoms with Crippen molar-refractivity contribution in [1.82, 2.24) is 0 Å². The van der Waals surface area contributed by atoms with E-state index in [4.69, 9.17) is 38.2 Å². The maximum absolute atomic E-state index is 12.2. The van der Waals surface area contributed by atoms with E-state index in [2.05, 4.69) is 5.16 Å². The molecule has 0 fully saturated rings. The maximum atomic E-state index is 12.2. The average Bonchev–Trinajstić information content (AvgIpc) is 2.90. The number of furan rings is 1. The third kappa shape index (κ3) is 3.09. The van der Waals surface area contributed by atoms with Crippen molar-refractivity contribution in [2.75, 3.05) is 0 Å². The lowest BCUT2D eigenvalue weighted by molar-refractivity contribution is 0.0481. The molecule has 0 saturated carbocycles. The van der Waals surface area contributed by atoms with Gasteiger partial charge in [0.25, 0.3) is 0 Å². The number of fused-ring (bicyclic) bond motifs is 1. The number of benzene rings is 2. The first-order valence-electron chi connectivity index (χ1n) is 6.95. The first-order valence-corrected chi connectivity index (χ1v) is 7.71. The molecule has 0 aliphatic rings. The Kier molecular flexibility index (Phi) is 4.46. The number of carbonyl (C=O) groups excluding carboxylic acids is 1. The Bertz CT molecular complexity index is 964. The first-order chi connectivity index (χ1) is 11.5. The van der Waals surface area contributed by atoms with Crippen molar-refractivity contribution < 1.29 is 14.0 Å². The van der Waals surface area contributed by atoms with Crippen LogP contribution >= 0.6 is 23.2 Å². The van der Waals surface area contributed by atoms with Crippen molar-refractivity contribution >= 4 is 46.0 Å². The van der Waals surface area contributed by atoms with Gasteiger partial charge in [0.2, 0.25) is 5.76 Å². The summed E-state index contributed by atoms with van der Waals surface area (Å²) in [6.07, 6.45) is 0. The van der Waals surface area contributed by atoms with Gasteiger partial charge in [0.15, 0.2) is 5.84 Å². The fourth-order valence-corrected chi connectivity index (χ4v) is 2.75. The topological polar surface area (TPSA) is 77.8 Å². The van der Waals surface area contributed by atoms with Crippen LogP contribution in [0.3, 0.4) is 0 Å². The molecular formula is C17H12Cl2N2O3. The maximum Gasteiger partial charge on any atom is 0.401 e. The second-order valence-electron chi connectivity index (χ2n) is 5.03. The molecule has 2 aromatic carbocycles. The predicted molar refractivity (Wildman–Crippen MR) is 93.6 cm³/mol. The van der Waals surface area contributed by atoms with Gasteiger partial charge in [-0.25, -0.2) is 4.79 Å². The summed E-state index contributed by atoms with van der Waals surface area (Å²) in [5.74, 6) is -0.703. The molecule has 0 spiro atoms. The molecule has 0 aliphatic carbocycles. The standard InChI is InChI=1S/C17H12Cl2N2O3/c1-9-11-4-2-3-5-14(11)23-15(9)17(22)24-21-16(20)12-7-6-10(18)8-13(12)19/h2-8H,1H3,(H2,20,21). The van der Waals surface area contributed by atoms with Crippen LogP contribution in [-0.2, 0) is 4.84 Å². The molecule has 122 valence electrons. The smallest absolute Gasteiger partial charge is 0.401 e. The van der Waals surface area contributed by atoms with Gasteiger partial charge in [0, 0.05) is 21.5 Å². The Balaban J connectivity index is 1.84. The van der Waals surface area contributed by atoms with E-state index in [1.165, 1.54) is 6.07 Å². The number of amidine groups is 1. The molecule has 24 heavy (non-hydrogen) atoms. The largest absolute Gasteiger partial charge is 0.449 e. The second-order valence-corrected chi connectivity index (χ2v) is 5.88. The molecule has 0 unspecified atom stereocenters. The number of aryl methyl sites for hydroxylation is 1. The Morgan fingerprint density at radius 3 is 2.67 bits per heavy atom. The third-order valence-electron chi connectivity index (χ3n) is 3.46. The van der Waals surface area contributed by atoms with Crippen LogP contribution < -0.4 is 5.73 Å². The highest BCUT2D eigenvalue weighted by atomic mass is 35.5. The minimum atomic E-state index is -0.739. The molecule has 0 radical (unpaired) electrons. The zero-order valence-corrected chi connectivity index (χ0v) is 14.1. The van der Waals surface area contributed by atoms with E-state index in [0.29, 0.717) is 26.8 Å². The Labute approximate surface area is 147 Å². The molecule has 0 amide bonds. The monoisotopic (exact) mass is 362 g/mol. The number of carbonyl (C=O) groups is 1. The van der Waals surface area contributed by atoms with Crippen molar-refractivity contribution in [3.63, 3.8) is 0 Å².